The summed E-state index contributed by atoms with van der Waals surface area (Å²) < 4.78 is 0. The van der Waals surface area contributed by atoms with E-state index in [9.17, 15) is 5.11 Å². The molecule has 1 aromatic heterocycles. The number of thioether (sulfide) groups is 1. The molecule has 110 valence electrons. The first-order chi connectivity index (χ1) is 10.2. The molecule has 1 aromatic carbocycles. The molecule has 0 amide bonds. The minimum Gasteiger partial charge on any atom is -0.393 e. The molecule has 0 unspecified atom stereocenters. The molecular formula is C16H19N3OS. The number of aliphatic hydroxyl groups excluding tert-OH is 1. The number of hydrogen-bond acceptors (Lipinski definition) is 5. The second kappa shape index (κ2) is 6.45. The number of nitrogens with zero attached hydrogens (tertiary/aromatic N) is 2. The van der Waals surface area contributed by atoms with Crippen molar-refractivity contribution in [3.63, 3.8) is 0 Å². The molecule has 2 aromatic rings. The Morgan fingerprint density at radius 1 is 1.24 bits per heavy atom. The molecule has 1 fully saturated rings. The summed E-state index contributed by atoms with van der Waals surface area (Å²) in [5.41, 5.74) is 2.25. The van der Waals surface area contributed by atoms with Crippen molar-refractivity contribution in [2.24, 2.45) is 0 Å². The van der Waals surface area contributed by atoms with Gasteiger partial charge < -0.3 is 10.4 Å². The first kappa shape index (κ1) is 14.4. The van der Waals surface area contributed by atoms with Crippen molar-refractivity contribution in [1.82, 2.24) is 9.97 Å². The van der Waals surface area contributed by atoms with Crippen LogP contribution in [0.3, 0.4) is 0 Å². The first-order valence-corrected chi connectivity index (χ1v) is 8.34. The van der Waals surface area contributed by atoms with Crippen LogP contribution in [0.25, 0.3) is 0 Å². The third kappa shape index (κ3) is 3.54. The highest BCUT2D eigenvalue weighted by Crippen LogP contribution is 2.35. The molecule has 0 spiro atoms. The van der Waals surface area contributed by atoms with Gasteiger partial charge >= 0.3 is 0 Å². The summed E-state index contributed by atoms with van der Waals surface area (Å²) in [4.78, 5) is 9.84. The van der Waals surface area contributed by atoms with E-state index in [-0.39, 0.29) is 6.10 Å². The van der Waals surface area contributed by atoms with Gasteiger partial charge in [0.15, 0.2) is 0 Å². The van der Waals surface area contributed by atoms with E-state index in [4.69, 9.17) is 0 Å². The van der Waals surface area contributed by atoms with E-state index >= 15 is 0 Å². The molecule has 5 heteroatoms. The van der Waals surface area contributed by atoms with Crippen LogP contribution in [-0.4, -0.2) is 27.4 Å². The van der Waals surface area contributed by atoms with Crippen LogP contribution in [0.5, 0.6) is 0 Å². The quantitative estimate of drug-likeness (QED) is 0.831. The zero-order chi connectivity index (χ0) is 14.7. The maximum atomic E-state index is 9.38. The Morgan fingerprint density at radius 3 is 2.67 bits per heavy atom. The number of aromatic nitrogens is 2. The molecule has 2 N–H and O–H groups in total. The minimum absolute atomic E-state index is 0.156. The van der Waals surface area contributed by atoms with Crippen molar-refractivity contribution >= 4 is 17.6 Å². The van der Waals surface area contributed by atoms with E-state index in [2.05, 4.69) is 45.8 Å². The third-order valence-corrected chi connectivity index (χ3v) is 4.60. The molecule has 0 bridgehead atoms. The van der Waals surface area contributed by atoms with Gasteiger partial charge in [-0.25, -0.2) is 9.97 Å². The Labute approximate surface area is 129 Å². The van der Waals surface area contributed by atoms with Crippen molar-refractivity contribution in [3.05, 3.63) is 47.9 Å². The Bertz CT molecular complexity index is 597. The normalized spacial score (nSPS) is 20.9. The van der Waals surface area contributed by atoms with Gasteiger partial charge in [0.2, 0.25) is 0 Å². The van der Waals surface area contributed by atoms with E-state index in [1.807, 2.05) is 6.07 Å². The van der Waals surface area contributed by atoms with Crippen LogP contribution >= 0.6 is 11.8 Å². The largest absolute Gasteiger partial charge is 0.393 e. The van der Waals surface area contributed by atoms with Crippen LogP contribution in [0.1, 0.15) is 30.0 Å². The Hall–Kier alpha value is -1.59. The fourth-order valence-corrected chi connectivity index (χ4v) is 2.87. The molecule has 1 saturated carbocycles. The maximum Gasteiger partial charge on any atom is 0.129 e. The Balaban J connectivity index is 1.60. The molecular weight excluding hydrogens is 282 g/mol. The number of aliphatic hydroxyl groups is 1. The van der Waals surface area contributed by atoms with E-state index in [0.717, 1.165) is 30.9 Å². The fraction of sp³-hybridized carbons (Fsp3) is 0.375. The summed E-state index contributed by atoms with van der Waals surface area (Å²) in [6.07, 6.45) is 5.14. The smallest absolute Gasteiger partial charge is 0.129 e. The number of rotatable bonds is 5. The Kier molecular flexibility index (Phi) is 4.41. The number of anilines is 1. The van der Waals surface area contributed by atoms with Crippen LogP contribution in [0.2, 0.25) is 0 Å². The second-order valence-corrected chi connectivity index (χ2v) is 6.23. The SMILES string of the molecule is CSc1ccc(CNc2cc(C3CC(O)C3)ncn2)cc1. The summed E-state index contributed by atoms with van der Waals surface area (Å²) >= 11 is 1.74. The topological polar surface area (TPSA) is 58.0 Å². The van der Waals surface area contributed by atoms with Crippen LogP contribution in [0, 0.1) is 0 Å². The maximum absolute atomic E-state index is 9.38. The predicted octanol–water partition coefficient (Wildman–Crippen LogP) is 3.05. The van der Waals surface area contributed by atoms with Crippen molar-refractivity contribution in [2.75, 3.05) is 11.6 Å². The summed E-state index contributed by atoms with van der Waals surface area (Å²) in [7, 11) is 0. The van der Waals surface area contributed by atoms with Gasteiger partial charge in [0, 0.05) is 29.1 Å². The van der Waals surface area contributed by atoms with E-state index < -0.39 is 0 Å². The van der Waals surface area contributed by atoms with Crippen LogP contribution in [0.4, 0.5) is 5.82 Å². The predicted molar refractivity (Wildman–Crippen MR) is 85.6 cm³/mol. The van der Waals surface area contributed by atoms with Gasteiger partial charge in [0.25, 0.3) is 0 Å². The second-order valence-electron chi connectivity index (χ2n) is 5.35. The summed E-state index contributed by atoms with van der Waals surface area (Å²) in [5, 5.41) is 12.7. The van der Waals surface area contributed by atoms with Gasteiger partial charge in [-0.1, -0.05) is 12.1 Å². The molecule has 4 nitrogen and oxygen atoms in total. The monoisotopic (exact) mass is 301 g/mol. The van der Waals surface area contributed by atoms with E-state index in [1.54, 1.807) is 18.1 Å². The fourth-order valence-electron chi connectivity index (χ4n) is 2.46. The zero-order valence-electron chi connectivity index (χ0n) is 12.0. The molecule has 0 radical (unpaired) electrons. The minimum atomic E-state index is -0.156. The molecule has 21 heavy (non-hydrogen) atoms. The third-order valence-electron chi connectivity index (χ3n) is 3.85. The lowest BCUT2D eigenvalue weighted by Crippen LogP contribution is -2.27. The van der Waals surface area contributed by atoms with E-state index in [1.165, 1.54) is 10.5 Å². The average Bonchev–Trinajstić information content (AvgIpc) is 2.50. The summed E-state index contributed by atoms with van der Waals surface area (Å²) in [6.45, 7) is 0.748. The summed E-state index contributed by atoms with van der Waals surface area (Å²) in [5.74, 6) is 1.22. The standard InChI is InChI=1S/C16H19N3OS/c1-21-14-4-2-11(3-5-14)9-17-16-8-15(18-10-19-16)12-6-13(20)7-12/h2-5,8,10,12-13,20H,6-7,9H2,1H3,(H,17,18,19). The highest BCUT2D eigenvalue weighted by Gasteiger charge is 2.29. The van der Waals surface area contributed by atoms with Crippen molar-refractivity contribution in [3.8, 4) is 0 Å². The lowest BCUT2D eigenvalue weighted by Gasteiger charge is -2.30. The van der Waals surface area contributed by atoms with Crippen molar-refractivity contribution in [2.45, 2.75) is 36.3 Å². The zero-order valence-corrected chi connectivity index (χ0v) is 12.8. The Morgan fingerprint density at radius 2 is 2.00 bits per heavy atom. The lowest BCUT2D eigenvalue weighted by atomic mass is 9.80. The molecule has 0 aliphatic heterocycles. The van der Waals surface area contributed by atoms with Crippen LogP contribution < -0.4 is 5.32 Å². The molecule has 0 saturated heterocycles. The average molecular weight is 301 g/mol. The molecule has 1 aliphatic rings. The molecule has 0 atom stereocenters. The highest BCUT2D eigenvalue weighted by molar-refractivity contribution is 7.98. The van der Waals surface area contributed by atoms with Gasteiger partial charge in [-0.3, -0.25) is 0 Å². The van der Waals surface area contributed by atoms with Gasteiger partial charge in [-0.2, -0.15) is 0 Å². The lowest BCUT2D eigenvalue weighted by molar-refractivity contribution is 0.0732. The van der Waals surface area contributed by atoms with Crippen molar-refractivity contribution in [1.29, 1.82) is 0 Å². The van der Waals surface area contributed by atoms with Crippen LogP contribution in [-0.2, 0) is 6.54 Å². The molecule has 3 rings (SSSR count). The highest BCUT2D eigenvalue weighted by atomic mass is 32.2. The van der Waals surface area contributed by atoms with Gasteiger partial charge in [-0.05, 0) is 36.8 Å². The van der Waals surface area contributed by atoms with Crippen molar-refractivity contribution < 1.29 is 5.11 Å². The molecule has 1 heterocycles. The van der Waals surface area contributed by atoms with Gasteiger partial charge in [0.1, 0.15) is 12.1 Å². The van der Waals surface area contributed by atoms with Gasteiger partial charge in [0.05, 0.1) is 6.10 Å². The van der Waals surface area contributed by atoms with E-state index in [0.29, 0.717) is 5.92 Å². The number of nitrogens with one attached hydrogen (secondary N) is 1. The van der Waals surface area contributed by atoms with Gasteiger partial charge in [-0.15, -0.1) is 11.8 Å². The first-order valence-electron chi connectivity index (χ1n) is 7.11. The number of benzene rings is 1. The number of hydrogen-bond donors (Lipinski definition) is 2. The molecule has 1 aliphatic carbocycles. The van der Waals surface area contributed by atoms with Crippen LogP contribution in [0.15, 0.2) is 41.6 Å². The summed E-state index contributed by atoms with van der Waals surface area (Å²) in [6, 6.07) is 10.5.